The zero-order chi connectivity index (χ0) is 14.7. The molecule has 0 unspecified atom stereocenters. The van der Waals surface area contributed by atoms with E-state index in [0.717, 1.165) is 28.9 Å². The number of ether oxygens (including phenoxy) is 2. The largest absolute Gasteiger partial charge is 0.493 e. The smallest absolute Gasteiger partial charge is 0.161 e. The third kappa shape index (κ3) is 2.49. The molecule has 0 amide bonds. The van der Waals surface area contributed by atoms with E-state index in [9.17, 15) is 0 Å². The van der Waals surface area contributed by atoms with Crippen LogP contribution in [0.15, 0.2) is 18.3 Å². The van der Waals surface area contributed by atoms with Crippen molar-refractivity contribution < 1.29 is 9.47 Å². The van der Waals surface area contributed by atoms with Crippen molar-refractivity contribution >= 4 is 0 Å². The SMILES string of the molecule is CCn1cc(-c2cc(OC)c(OC)cc2CN)c(C)n1. The Morgan fingerprint density at radius 1 is 1.15 bits per heavy atom. The Hall–Kier alpha value is -2.01. The van der Waals surface area contributed by atoms with Gasteiger partial charge in [0, 0.05) is 24.8 Å². The molecule has 0 saturated heterocycles. The summed E-state index contributed by atoms with van der Waals surface area (Å²) in [4.78, 5) is 0. The van der Waals surface area contributed by atoms with Crippen LogP contribution in [-0.2, 0) is 13.1 Å². The van der Waals surface area contributed by atoms with Crippen LogP contribution < -0.4 is 15.2 Å². The summed E-state index contributed by atoms with van der Waals surface area (Å²) >= 11 is 0. The highest BCUT2D eigenvalue weighted by atomic mass is 16.5. The number of nitrogens with zero attached hydrogens (tertiary/aromatic N) is 2. The third-order valence-electron chi connectivity index (χ3n) is 3.39. The van der Waals surface area contributed by atoms with Gasteiger partial charge in [-0.3, -0.25) is 4.68 Å². The van der Waals surface area contributed by atoms with Crippen molar-refractivity contribution in [3.05, 3.63) is 29.6 Å². The van der Waals surface area contributed by atoms with Gasteiger partial charge in [-0.15, -0.1) is 0 Å². The van der Waals surface area contributed by atoms with E-state index in [2.05, 4.69) is 12.0 Å². The second-order valence-corrected chi connectivity index (χ2v) is 4.55. The average molecular weight is 275 g/mol. The number of benzene rings is 1. The molecule has 1 aromatic heterocycles. The first kappa shape index (κ1) is 14.4. The number of hydrogen-bond acceptors (Lipinski definition) is 4. The van der Waals surface area contributed by atoms with Crippen LogP contribution in [-0.4, -0.2) is 24.0 Å². The highest BCUT2D eigenvalue weighted by Gasteiger charge is 2.15. The van der Waals surface area contributed by atoms with Gasteiger partial charge in [0.1, 0.15) is 0 Å². The van der Waals surface area contributed by atoms with Crippen LogP contribution in [0.25, 0.3) is 11.1 Å². The van der Waals surface area contributed by atoms with Crippen LogP contribution in [0.5, 0.6) is 11.5 Å². The molecule has 0 spiro atoms. The van der Waals surface area contributed by atoms with E-state index in [1.807, 2.05) is 29.9 Å². The minimum Gasteiger partial charge on any atom is -0.493 e. The third-order valence-corrected chi connectivity index (χ3v) is 3.39. The molecule has 0 atom stereocenters. The summed E-state index contributed by atoms with van der Waals surface area (Å²) in [6, 6.07) is 3.89. The van der Waals surface area contributed by atoms with Crippen LogP contribution in [0.4, 0.5) is 0 Å². The predicted molar refractivity (Wildman–Crippen MR) is 79.1 cm³/mol. The Morgan fingerprint density at radius 2 is 1.80 bits per heavy atom. The molecule has 1 heterocycles. The normalized spacial score (nSPS) is 10.7. The monoisotopic (exact) mass is 275 g/mol. The fourth-order valence-electron chi connectivity index (χ4n) is 2.28. The van der Waals surface area contributed by atoms with Crippen molar-refractivity contribution in [2.24, 2.45) is 5.73 Å². The molecule has 2 aromatic rings. The van der Waals surface area contributed by atoms with E-state index in [0.29, 0.717) is 18.0 Å². The fraction of sp³-hybridized carbons (Fsp3) is 0.400. The molecular weight excluding hydrogens is 254 g/mol. The summed E-state index contributed by atoms with van der Waals surface area (Å²) < 4.78 is 12.6. The Morgan fingerprint density at radius 3 is 2.30 bits per heavy atom. The molecule has 0 fully saturated rings. The molecular formula is C15H21N3O2. The van der Waals surface area contributed by atoms with Gasteiger partial charge >= 0.3 is 0 Å². The first-order valence-corrected chi connectivity index (χ1v) is 6.64. The Kier molecular flexibility index (Phi) is 4.29. The standard InChI is InChI=1S/C15H21N3O2/c1-5-18-9-13(10(2)17-18)12-7-15(20-4)14(19-3)6-11(12)8-16/h6-7,9H,5,8,16H2,1-4H3. The first-order chi connectivity index (χ1) is 9.64. The molecule has 0 radical (unpaired) electrons. The Labute approximate surface area is 119 Å². The maximum Gasteiger partial charge on any atom is 0.161 e. The van der Waals surface area contributed by atoms with Crippen molar-refractivity contribution in [1.29, 1.82) is 0 Å². The van der Waals surface area contributed by atoms with Gasteiger partial charge < -0.3 is 15.2 Å². The average Bonchev–Trinajstić information content (AvgIpc) is 2.86. The molecule has 0 aliphatic heterocycles. The minimum absolute atomic E-state index is 0.437. The number of nitrogens with two attached hydrogens (primary N) is 1. The maximum atomic E-state index is 5.87. The zero-order valence-corrected chi connectivity index (χ0v) is 12.4. The van der Waals surface area contributed by atoms with Gasteiger partial charge in [-0.2, -0.15) is 5.10 Å². The van der Waals surface area contributed by atoms with Crippen LogP contribution in [0.2, 0.25) is 0 Å². The number of hydrogen-bond donors (Lipinski definition) is 1. The van der Waals surface area contributed by atoms with Gasteiger partial charge in [-0.1, -0.05) is 0 Å². The summed E-state index contributed by atoms with van der Waals surface area (Å²) in [7, 11) is 3.25. The van der Waals surface area contributed by atoms with Gasteiger partial charge in [-0.05, 0) is 37.1 Å². The summed E-state index contributed by atoms with van der Waals surface area (Å²) in [5.74, 6) is 1.39. The second-order valence-electron chi connectivity index (χ2n) is 4.55. The van der Waals surface area contributed by atoms with E-state index in [4.69, 9.17) is 15.2 Å². The highest BCUT2D eigenvalue weighted by Crippen LogP contribution is 2.36. The van der Waals surface area contributed by atoms with E-state index in [1.165, 1.54) is 0 Å². The molecule has 5 nitrogen and oxygen atoms in total. The Balaban J connectivity index is 2.62. The van der Waals surface area contributed by atoms with Crippen molar-refractivity contribution in [3.8, 4) is 22.6 Å². The van der Waals surface area contributed by atoms with Gasteiger partial charge in [0.15, 0.2) is 11.5 Å². The van der Waals surface area contributed by atoms with E-state index in [1.54, 1.807) is 14.2 Å². The van der Waals surface area contributed by atoms with Crippen LogP contribution in [0.1, 0.15) is 18.2 Å². The number of rotatable bonds is 5. The highest BCUT2D eigenvalue weighted by molar-refractivity contribution is 5.72. The number of aromatic nitrogens is 2. The molecule has 0 aliphatic rings. The topological polar surface area (TPSA) is 62.3 Å². The van der Waals surface area contributed by atoms with Gasteiger partial charge in [0.05, 0.1) is 19.9 Å². The number of methoxy groups -OCH3 is 2. The molecule has 20 heavy (non-hydrogen) atoms. The quantitative estimate of drug-likeness (QED) is 0.910. The first-order valence-electron chi connectivity index (χ1n) is 6.64. The van der Waals surface area contributed by atoms with Gasteiger partial charge in [0.25, 0.3) is 0 Å². The van der Waals surface area contributed by atoms with Gasteiger partial charge in [-0.25, -0.2) is 0 Å². The van der Waals surface area contributed by atoms with Crippen molar-refractivity contribution in [3.63, 3.8) is 0 Å². The molecule has 2 rings (SSSR count). The lowest BCUT2D eigenvalue weighted by Crippen LogP contribution is -2.01. The van der Waals surface area contributed by atoms with E-state index >= 15 is 0 Å². The molecule has 0 saturated carbocycles. The summed E-state index contributed by atoms with van der Waals surface area (Å²) in [6.45, 7) is 5.34. The molecule has 0 bridgehead atoms. The van der Waals surface area contributed by atoms with Gasteiger partial charge in [0.2, 0.25) is 0 Å². The molecule has 5 heteroatoms. The van der Waals surface area contributed by atoms with Crippen molar-refractivity contribution in [2.45, 2.75) is 26.9 Å². The molecule has 0 aliphatic carbocycles. The van der Waals surface area contributed by atoms with Crippen molar-refractivity contribution in [2.75, 3.05) is 14.2 Å². The molecule has 1 aromatic carbocycles. The van der Waals surface area contributed by atoms with Crippen molar-refractivity contribution in [1.82, 2.24) is 9.78 Å². The van der Waals surface area contributed by atoms with Crippen LogP contribution in [0, 0.1) is 6.92 Å². The van der Waals surface area contributed by atoms with Crippen LogP contribution >= 0.6 is 0 Å². The van der Waals surface area contributed by atoms with Crippen LogP contribution in [0.3, 0.4) is 0 Å². The fourth-order valence-corrected chi connectivity index (χ4v) is 2.28. The van der Waals surface area contributed by atoms with E-state index < -0.39 is 0 Å². The lowest BCUT2D eigenvalue weighted by molar-refractivity contribution is 0.354. The summed E-state index contributed by atoms with van der Waals surface area (Å²) in [6.07, 6.45) is 2.04. The minimum atomic E-state index is 0.437. The Bertz CT molecular complexity index is 605. The lowest BCUT2D eigenvalue weighted by atomic mass is 9.99. The van der Waals surface area contributed by atoms with E-state index in [-0.39, 0.29) is 0 Å². The maximum absolute atomic E-state index is 5.87. The number of aryl methyl sites for hydroxylation is 2. The second kappa shape index (κ2) is 5.96. The predicted octanol–water partition coefficient (Wildman–Crippen LogP) is 2.35. The molecule has 2 N–H and O–H groups in total. The summed E-state index contributed by atoms with van der Waals surface area (Å²) in [5.41, 5.74) is 9.99. The summed E-state index contributed by atoms with van der Waals surface area (Å²) in [5, 5.41) is 4.48. The zero-order valence-electron chi connectivity index (χ0n) is 12.4. The molecule has 108 valence electrons. The lowest BCUT2D eigenvalue weighted by Gasteiger charge is -2.13.